The van der Waals surface area contributed by atoms with Gasteiger partial charge in [-0.15, -0.1) is 0 Å². The Bertz CT molecular complexity index is 113. The molecule has 2 N–H and O–H groups in total. The molecule has 0 aliphatic rings. The largest absolute Gasteiger partial charge is 0.327 e. The predicted octanol–water partition coefficient (Wildman–Crippen LogP) is 3.19. The first-order valence-electron chi connectivity index (χ1n) is 5.15. The molecule has 0 aromatic heterocycles. The molecule has 0 aliphatic carbocycles. The van der Waals surface area contributed by atoms with Crippen LogP contribution in [-0.2, 0) is 0 Å². The minimum absolute atomic E-state index is 0.257. The van der Waals surface area contributed by atoms with Crippen molar-refractivity contribution in [2.24, 2.45) is 17.1 Å². The predicted molar refractivity (Wildman–Crippen MR) is 56.1 cm³/mol. The summed E-state index contributed by atoms with van der Waals surface area (Å²) in [5, 5.41) is 0. The first-order chi connectivity index (χ1) is 5.39. The van der Waals surface area contributed by atoms with Gasteiger partial charge >= 0.3 is 0 Å². The lowest BCUT2D eigenvalue weighted by Crippen LogP contribution is -2.40. The number of nitrogens with two attached hydrogens (primary N) is 1. The molecule has 0 bridgehead atoms. The van der Waals surface area contributed by atoms with Crippen LogP contribution >= 0.6 is 0 Å². The molecule has 0 aromatic carbocycles. The van der Waals surface area contributed by atoms with Crippen LogP contribution < -0.4 is 5.73 Å². The molecule has 0 radical (unpaired) electrons. The highest BCUT2D eigenvalue weighted by atomic mass is 14.7. The third-order valence-corrected chi connectivity index (χ3v) is 2.63. The molecule has 0 amide bonds. The van der Waals surface area contributed by atoms with Gasteiger partial charge in [0.2, 0.25) is 0 Å². The highest BCUT2D eigenvalue weighted by Gasteiger charge is 2.25. The number of hydrogen-bond donors (Lipinski definition) is 1. The number of unbranched alkanes of at least 4 members (excludes halogenated alkanes) is 1. The second-order valence-electron chi connectivity index (χ2n) is 5.01. The molecule has 1 nitrogen and oxygen atoms in total. The summed E-state index contributed by atoms with van der Waals surface area (Å²) in [6, 6.07) is 0.337. The summed E-state index contributed by atoms with van der Waals surface area (Å²) in [6.07, 6.45) is 3.86. The Kier molecular flexibility index (Phi) is 4.84. The van der Waals surface area contributed by atoms with Crippen LogP contribution in [0.5, 0.6) is 0 Å². The van der Waals surface area contributed by atoms with Gasteiger partial charge in [-0.1, -0.05) is 47.5 Å². The molecular formula is C11H25N. The lowest BCUT2D eigenvalue weighted by atomic mass is 9.78. The Hall–Kier alpha value is -0.0400. The van der Waals surface area contributed by atoms with Gasteiger partial charge in [0.25, 0.3) is 0 Å². The lowest BCUT2D eigenvalue weighted by molar-refractivity contribution is 0.237. The quantitative estimate of drug-likeness (QED) is 0.690. The zero-order chi connectivity index (χ0) is 9.78. The molecule has 0 heterocycles. The summed E-state index contributed by atoms with van der Waals surface area (Å²) < 4.78 is 0. The number of rotatable bonds is 4. The summed E-state index contributed by atoms with van der Waals surface area (Å²) >= 11 is 0. The van der Waals surface area contributed by atoms with Gasteiger partial charge < -0.3 is 5.73 Å². The first-order valence-corrected chi connectivity index (χ1v) is 5.15. The summed E-state index contributed by atoms with van der Waals surface area (Å²) in [6.45, 7) is 11.2. The third kappa shape index (κ3) is 4.10. The summed E-state index contributed by atoms with van der Waals surface area (Å²) in [4.78, 5) is 0. The molecule has 0 spiro atoms. The fraction of sp³-hybridized carbons (Fsp3) is 1.00. The smallest absolute Gasteiger partial charge is 0.0113 e. The molecule has 12 heavy (non-hydrogen) atoms. The Morgan fingerprint density at radius 2 is 1.75 bits per heavy atom. The van der Waals surface area contributed by atoms with Crippen LogP contribution in [0.4, 0.5) is 0 Å². The van der Waals surface area contributed by atoms with Gasteiger partial charge in [0, 0.05) is 6.04 Å². The van der Waals surface area contributed by atoms with Crippen molar-refractivity contribution in [2.45, 2.75) is 59.9 Å². The molecule has 0 aliphatic heterocycles. The fourth-order valence-corrected chi connectivity index (χ4v) is 1.56. The van der Waals surface area contributed by atoms with Crippen LogP contribution in [0.1, 0.15) is 53.9 Å². The van der Waals surface area contributed by atoms with Gasteiger partial charge in [-0.2, -0.15) is 0 Å². The maximum absolute atomic E-state index is 6.14. The Balaban J connectivity index is 3.84. The van der Waals surface area contributed by atoms with Crippen LogP contribution in [0.25, 0.3) is 0 Å². The molecule has 0 fully saturated rings. The maximum Gasteiger partial charge on any atom is 0.0113 e. The standard InChI is InChI=1S/C11H25N/c1-6-7-8-9(2)10(12)11(3,4)5/h9-10H,6-8,12H2,1-5H3/t9-,10+/m1/s1. The van der Waals surface area contributed by atoms with E-state index in [0.29, 0.717) is 12.0 Å². The van der Waals surface area contributed by atoms with Crippen LogP contribution in [0.15, 0.2) is 0 Å². The molecule has 0 rings (SSSR count). The SMILES string of the molecule is CCCC[C@@H](C)[C@H](N)C(C)(C)C. The molecule has 0 saturated carbocycles. The highest BCUT2D eigenvalue weighted by Crippen LogP contribution is 2.25. The van der Waals surface area contributed by atoms with E-state index in [4.69, 9.17) is 5.73 Å². The van der Waals surface area contributed by atoms with Gasteiger partial charge in [0.15, 0.2) is 0 Å². The summed E-state index contributed by atoms with van der Waals surface area (Å²) in [5.74, 6) is 0.657. The van der Waals surface area contributed by atoms with Crippen molar-refractivity contribution in [3.8, 4) is 0 Å². The van der Waals surface area contributed by atoms with Crippen LogP contribution in [-0.4, -0.2) is 6.04 Å². The zero-order valence-electron chi connectivity index (χ0n) is 9.35. The van der Waals surface area contributed by atoms with E-state index in [1.165, 1.54) is 19.3 Å². The van der Waals surface area contributed by atoms with E-state index < -0.39 is 0 Å². The van der Waals surface area contributed by atoms with Gasteiger partial charge in [-0.05, 0) is 17.8 Å². The molecule has 2 atom stereocenters. The molecule has 0 aromatic rings. The van der Waals surface area contributed by atoms with E-state index in [2.05, 4.69) is 34.6 Å². The normalized spacial score (nSPS) is 17.5. The molecular weight excluding hydrogens is 146 g/mol. The van der Waals surface area contributed by atoms with Gasteiger partial charge in [0.05, 0.1) is 0 Å². The summed E-state index contributed by atoms with van der Waals surface area (Å²) in [5.41, 5.74) is 6.39. The zero-order valence-corrected chi connectivity index (χ0v) is 9.35. The Morgan fingerprint density at radius 3 is 2.08 bits per heavy atom. The van der Waals surface area contributed by atoms with Crippen LogP contribution in [0.3, 0.4) is 0 Å². The minimum atomic E-state index is 0.257. The van der Waals surface area contributed by atoms with E-state index >= 15 is 0 Å². The molecule has 0 saturated heterocycles. The van der Waals surface area contributed by atoms with Gasteiger partial charge in [-0.25, -0.2) is 0 Å². The average molecular weight is 171 g/mol. The van der Waals surface area contributed by atoms with Gasteiger partial charge in [0.1, 0.15) is 0 Å². The van der Waals surface area contributed by atoms with Crippen molar-refractivity contribution in [3.05, 3.63) is 0 Å². The Labute approximate surface area is 77.7 Å². The fourth-order valence-electron chi connectivity index (χ4n) is 1.56. The van der Waals surface area contributed by atoms with E-state index in [-0.39, 0.29) is 5.41 Å². The minimum Gasteiger partial charge on any atom is -0.327 e. The Morgan fingerprint density at radius 1 is 1.25 bits per heavy atom. The second kappa shape index (κ2) is 4.86. The molecule has 74 valence electrons. The van der Waals surface area contributed by atoms with Crippen molar-refractivity contribution >= 4 is 0 Å². The van der Waals surface area contributed by atoms with Crippen molar-refractivity contribution in [1.29, 1.82) is 0 Å². The topological polar surface area (TPSA) is 26.0 Å². The van der Waals surface area contributed by atoms with Crippen molar-refractivity contribution < 1.29 is 0 Å². The first kappa shape index (κ1) is 12.0. The van der Waals surface area contributed by atoms with Crippen molar-refractivity contribution in [2.75, 3.05) is 0 Å². The lowest BCUT2D eigenvalue weighted by Gasteiger charge is -2.32. The molecule has 1 heteroatoms. The van der Waals surface area contributed by atoms with Crippen LogP contribution in [0, 0.1) is 11.3 Å². The van der Waals surface area contributed by atoms with Crippen LogP contribution in [0.2, 0.25) is 0 Å². The summed E-state index contributed by atoms with van der Waals surface area (Å²) in [7, 11) is 0. The monoisotopic (exact) mass is 171 g/mol. The van der Waals surface area contributed by atoms with E-state index in [1.54, 1.807) is 0 Å². The maximum atomic E-state index is 6.14. The van der Waals surface area contributed by atoms with E-state index in [0.717, 1.165) is 0 Å². The van der Waals surface area contributed by atoms with Crippen molar-refractivity contribution in [3.63, 3.8) is 0 Å². The van der Waals surface area contributed by atoms with Gasteiger partial charge in [-0.3, -0.25) is 0 Å². The highest BCUT2D eigenvalue weighted by molar-refractivity contribution is 4.81. The second-order valence-corrected chi connectivity index (χ2v) is 5.01. The number of hydrogen-bond acceptors (Lipinski definition) is 1. The molecule has 0 unspecified atom stereocenters. The van der Waals surface area contributed by atoms with Crippen molar-refractivity contribution in [1.82, 2.24) is 0 Å². The van der Waals surface area contributed by atoms with E-state index in [1.807, 2.05) is 0 Å². The average Bonchev–Trinajstić information content (AvgIpc) is 1.97. The van der Waals surface area contributed by atoms with E-state index in [9.17, 15) is 0 Å². The third-order valence-electron chi connectivity index (χ3n) is 2.63.